The zero-order valence-electron chi connectivity index (χ0n) is 17.9. The van der Waals surface area contributed by atoms with Crippen LogP contribution in [-0.2, 0) is 9.53 Å². The molecule has 0 aliphatic carbocycles. The van der Waals surface area contributed by atoms with Crippen LogP contribution < -0.4 is 14.2 Å². The van der Waals surface area contributed by atoms with Gasteiger partial charge in [-0.15, -0.1) is 0 Å². The number of methoxy groups -OCH3 is 2. The zero-order valence-corrected chi connectivity index (χ0v) is 17.9. The van der Waals surface area contributed by atoms with Crippen LogP contribution in [0.2, 0.25) is 0 Å². The van der Waals surface area contributed by atoms with E-state index >= 15 is 0 Å². The van der Waals surface area contributed by atoms with E-state index in [1.165, 1.54) is 27.2 Å². The fraction of sp³-hybridized carbons (Fsp3) is 0.160. The maximum absolute atomic E-state index is 12.5. The van der Waals surface area contributed by atoms with E-state index in [0.717, 1.165) is 11.1 Å². The number of ketones is 1. The standard InChI is InChI=1S/C25H22O7/c1-16(26)32-20-10-8-18(9-11-20)17-4-6-19(7-5-17)25(28)31-15-23(27)22-14-21(29-2)12-13-24(22)30-3/h4-14H,15H2,1-3H3. The first-order valence-corrected chi connectivity index (χ1v) is 9.72. The van der Waals surface area contributed by atoms with Crippen LogP contribution in [0.1, 0.15) is 27.6 Å². The first kappa shape index (κ1) is 22.6. The van der Waals surface area contributed by atoms with Crippen molar-refractivity contribution in [1.29, 1.82) is 0 Å². The number of Topliss-reactive ketones (excluding diaryl/α,β-unsaturated/α-hetero) is 1. The molecule has 3 rings (SSSR count). The highest BCUT2D eigenvalue weighted by Gasteiger charge is 2.17. The number of rotatable bonds is 8. The van der Waals surface area contributed by atoms with E-state index in [4.69, 9.17) is 18.9 Å². The summed E-state index contributed by atoms with van der Waals surface area (Å²) >= 11 is 0. The van der Waals surface area contributed by atoms with Crippen molar-refractivity contribution in [3.8, 4) is 28.4 Å². The Morgan fingerprint density at radius 1 is 0.750 bits per heavy atom. The van der Waals surface area contributed by atoms with Gasteiger partial charge in [0.05, 0.1) is 25.3 Å². The van der Waals surface area contributed by atoms with Gasteiger partial charge in [0.25, 0.3) is 0 Å². The van der Waals surface area contributed by atoms with Gasteiger partial charge < -0.3 is 18.9 Å². The van der Waals surface area contributed by atoms with Crippen molar-refractivity contribution in [3.63, 3.8) is 0 Å². The van der Waals surface area contributed by atoms with Crippen LogP contribution in [0.4, 0.5) is 0 Å². The van der Waals surface area contributed by atoms with Gasteiger partial charge in [0.15, 0.2) is 6.61 Å². The Morgan fingerprint density at radius 3 is 1.91 bits per heavy atom. The molecule has 3 aromatic carbocycles. The molecule has 0 aliphatic heterocycles. The minimum atomic E-state index is -0.614. The molecule has 0 N–H and O–H groups in total. The van der Waals surface area contributed by atoms with Gasteiger partial charge in [0.1, 0.15) is 17.2 Å². The number of benzene rings is 3. The lowest BCUT2D eigenvalue weighted by atomic mass is 10.0. The minimum absolute atomic E-state index is 0.271. The molecule has 7 nitrogen and oxygen atoms in total. The molecule has 0 fully saturated rings. The first-order valence-electron chi connectivity index (χ1n) is 9.72. The van der Waals surface area contributed by atoms with Crippen molar-refractivity contribution in [3.05, 3.63) is 77.9 Å². The lowest BCUT2D eigenvalue weighted by Gasteiger charge is -2.10. The van der Waals surface area contributed by atoms with Crippen LogP contribution in [0.25, 0.3) is 11.1 Å². The molecule has 0 heterocycles. The molecule has 0 atom stereocenters. The molecule has 0 radical (unpaired) electrons. The molecule has 3 aromatic rings. The Balaban J connectivity index is 1.64. The summed E-state index contributed by atoms with van der Waals surface area (Å²) in [6.07, 6.45) is 0. The van der Waals surface area contributed by atoms with Crippen LogP contribution >= 0.6 is 0 Å². The first-order chi connectivity index (χ1) is 15.4. The fourth-order valence-corrected chi connectivity index (χ4v) is 3.00. The van der Waals surface area contributed by atoms with E-state index in [-0.39, 0.29) is 11.5 Å². The third-order valence-electron chi connectivity index (χ3n) is 4.61. The maximum atomic E-state index is 12.5. The molecule has 0 saturated heterocycles. The monoisotopic (exact) mass is 434 g/mol. The largest absolute Gasteiger partial charge is 0.497 e. The summed E-state index contributed by atoms with van der Waals surface area (Å²) in [5.41, 5.74) is 2.34. The Hall–Kier alpha value is -4.13. The minimum Gasteiger partial charge on any atom is -0.497 e. The Bertz CT molecular complexity index is 1120. The van der Waals surface area contributed by atoms with Crippen molar-refractivity contribution in [1.82, 2.24) is 0 Å². The lowest BCUT2D eigenvalue weighted by molar-refractivity contribution is -0.131. The van der Waals surface area contributed by atoms with Crippen molar-refractivity contribution in [2.24, 2.45) is 0 Å². The van der Waals surface area contributed by atoms with Crippen molar-refractivity contribution in [2.75, 3.05) is 20.8 Å². The summed E-state index contributed by atoms with van der Waals surface area (Å²) < 4.78 is 20.5. The summed E-state index contributed by atoms with van der Waals surface area (Å²) in [7, 11) is 2.95. The Morgan fingerprint density at radius 2 is 1.34 bits per heavy atom. The second kappa shape index (κ2) is 10.3. The predicted octanol–water partition coefficient (Wildman–Crippen LogP) is 4.34. The van der Waals surface area contributed by atoms with E-state index in [0.29, 0.717) is 22.8 Å². The van der Waals surface area contributed by atoms with Gasteiger partial charge >= 0.3 is 11.9 Å². The maximum Gasteiger partial charge on any atom is 0.338 e. The Kier molecular flexibility index (Phi) is 7.23. The number of hydrogen-bond acceptors (Lipinski definition) is 7. The average molecular weight is 434 g/mol. The summed E-state index contributed by atoms with van der Waals surface area (Å²) in [6.45, 7) is 0.911. The molecule has 0 aliphatic rings. The van der Waals surface area contributed by atoms with Gasteiger partial charge in [-0.2, -0.15) is 0 Å². The van der Waals surface area contributed by atoms with Gasteiger partial charge in [-0.1, -0.05) is 24.3 Å². The summed E-state index contributed by atoms with van der Waals surface area (Å²) in [5, 5.41) is 0. The van der Waals surface area contributed by atoms with Crippen molar-refractivity contribution in [2.45, 2.75) is 6.92 Å². The molecule has 0 aromatic heterocycles. The highest BCUT2D eigenvalue weighted by Crippen LogP contribution is 2.25. The van der Waals surface area contributed by atoms with Gasteiger partial charge in [-0.25, -0.2) is 4.79 Å². The highest BCUT2D eigenvalue weighted by atomic mass is 16.5. The molecular weight excluding hydrogens is 412 g/mol. The molecular formula is C25H22O7. The number of carbonyl (C=O) groups is 3. The van der Waals surface area contributed by atoms with E-state index in [1.807, 2.05) is 12.1 Å². The lowest BCUT2D eigenvalue weighted by Crippen LogP contribution is -2.15. The summed E-state index contributed by atoms with van der Waals surface area (Å²) in [5.74, 6) is -0.0776. The van der Waals surface area contributed by atoms with Crippen LogP contribution in [0, 0.1) is 0 Å². The smallest absolute Gasteiger partial charge is 0.338 e. The molecule has 7 heteroatoms. The SMILES string of the molecule is COc1ccc(OC)c(C(=O)COC(=O)c2ccc(-c3ccc(OC(C)=O)cc3)cc2)c1. The van der Waals surface area contributed by atoms with E-state index < -0.39 is 18.4 Å². The molecule has 164 valence electrons. The van der Waals surface area contributed by atoms with Crippen LogP contribution in [0.5, 0.6) is 17.2 Å². The molecule has 32 heavy (non-hydrogen) atoms. The molecule has 0 unspecified atom stereocenters. The zero-order chi connectivity index (χ0) is 23.1. The summed E-state index contributed by atoms with van der Waals surface area (Å²) in [6, 6.07) is 18.6. The van der Waals surface area contributed by atoms with Gasteiger partial charge in [-0.3, -0.25) is 9.59 Å². The molecule has 0 saturated carbocycles. The molecule has 0 amide bonds. The van der Waals surface area contributed by atoms with Crippen molar-refractivity contribution < 1.29 is 33.3 Å². The van der Waals surface area contributed by atoms with Gasteiger partial charge in [0, 0.05) is 6.92 Å². The predicted molar refractivity (Wildman–Crippen MR) is 117 cm³/mol. The number of carbonyl (C=O) groups excluding carboxylic acids is 3. The average Bonchev–Trinajstić information content (AvgIpc) is 2.82. The van der Waals surface area contributed by atoms with Crippen LogP contribution in [-0.4, -0.2) is 38.5 Å². The van der Waals surface area contributed by atoms with Crippen LogP contribution in [0.15, 0.2) is 66.7 Å². The normalized spacial score (nSPS) is 10.2. The van der Waals surface area contributed by atoms with E-state index in [1.54, 1.807) is 48.5 Å². The summed E-state index contributed by atoms with van der Waals surface area (Å²) in [4.78, 5) is 35.9. The topological polar surface area (TPSA) is 88.1 Å². The number of ether oxygens (including phenoxy) is 4. The third kappa shape index (κ3) is 5.51. The quantitative estimate of drug-likeness (QED) is 0.296. The van der Waals surface area contributed by atoms with Gasteiger partial charge in [-0.05, 0) is 53.6 Å². The van der Waals surface area contributed by atoms with E-state index in [2.05, 4.69) is 0 Å². The van der Waals surface area contributed by atoms with Crippen LogP contribution in [0.3, 0.4) is 0 Å². The van der Waals surface area contributed by atoms with Gasteiger partial charge in [0.2, 0.25) is 5.78 Å². The molecule has 0 bridgehead atoms. The number of esters is 2. The van der Waals surface area contributed by atoms with Crippen molar-refractivity contribution >= 4 is 17.7 Å². The second-order valence-electron chi connectivity index (χ2n) is 6.76. The Labute approximate surface area is 185 Å². The van der Waals surface area contributed by atoms with E-state index in [9.17, 15) is 14.4 Å². The highest BCUT2D eigenvalue weighted by molar-refractivity contribution is 6.01. The third-order valence-corrected chi connectivity index (χ3v) is 4.61. The molecule has 0 spiro atoms. The fourth-order valence-electron chi connectivity index (χ4n) is 3.00. The second-order valence-corrected chi connectivity index (χ2v) is 6.76. The number of hydrogen-bond donors (Lipinski definition) is 0.